The highest BCUT2D eigenvalue weighted by Gasteiger charge is 2.11. The van der Waals surface area contributed by atoms with Gasteiger partial charge in [0.25, 0.3) is 0 Å². The molecule has 0 spiro atoms. The van der Waals surface area contributed by atoms with Gasteiger partial charge in [-0.3, -0.25) is 0 Å². The monoisotopic (exact) mass is 304 g/mol. The van der Waals surface area contributed by atoms with Crippen molar-refractivity contribution in [3.8, 4) is 0 Å². The third-order valence-electron chi connectivity index (χ3n) is 3.10. The molecule has 0 radical (unpaired) electrons. The summed E-state index contributed by atoms with van der Waals surface area (Å²) < 4.78 is 0. The first-order chi connectivity index (χ1) is 10.2. The predicted octanol–water partition coefficient (Wildman–Crippen LogP) is 2.46. The minimum absolute atomic E-state index is 0.0829. The highest BCUT2D eigenvalue weighted by Crippen LogP contribution is 2.14. The molecule has 0 fully saturated rings. The van der Waals surface area contributed by atoms with E-state index in [1.54, 1.807) is 11.3 Å². The maximum absolute atomic E-state index is 11.9. The molecule has 5 heteroatoms. The van der Waals surface area contributed by atoms with Gasteiger partial charge in [0.2, 0.25) is 0 Å². The molecule has 0 bridgehead atoms. The van der Waals surface area contributed by atoms with Gasteiger partial charge in [-0.05, 0) is 31.0 Å². The number of aryl methyl sites for hydroxylation is 1. The van der Waals surface area contributed by atoms with Crippen molar-refractivity contribution >= 4 is 17.4 Å². The van der Waals surface area contributed by atoms with Crippen LogP contribution in [0.15, 0.2) is 42.5 Å². The Morgan fingerprint density at radius 2 is 2.00 bits per heavy atom. The number of hydrogen-bond donors (Lipinski definition) is 3. The largest absolute Gasteiger partial charge is 0.394 e. The lowest BCUT2D eigenvalue weighted by molar-refractivity contribution is 0.215. The summed E-state index contributed by atoms with van der Waals surface area (Å²) in [5, 5.41) is 15.0. The number of amides is 2. The van der Waals surface area contributed by atoms with Crippen molar-refractivity contribution in [1.29, 1.82) is 0 Å². The van der Waals surface area contributed by atoms with E-state index in [0.29, 0.717) is 13.0 Å². The molecule has 0 saturated carbocycles. The van der Waals surface area contributed by atoms with Crippen molar-refractivity contribution in [3.05, 3.63) is 57.8 Å². The Bertz CT molecular complexity index is 569. The summed E-state index contributed by atoms with van der Waals surface area (Å²) >= 11 is 1.67. The summed E-state index contributed by atoms with van der Waals surface area (Å²) in [5.74, 6) is 0. The second-order valence-corrected chi connectivity index (χ2v) is 6.28. The van der Waals surface area contributed by atoms with Gasteiger partial charge in [-0.1, -0.05) is 30.3 Å². The number of hydrogen-bond acceptors (Lipinski definition) is 3. The van der Waals surface area contributed by atoms with Gasteiger partial charge in [0.15, 0.2) is 0 Å². The van der Waals surface area contributed by atoms with Crippen molar-refractivity contribution in [2.75, 3.05) is 6.61 Å². The van der Waals surface area contributed by atoms with Crippen LogP contribution in [0.2, 0.25) is 0 Å². The summed E-state index contributed by atoms with van der Waals surface area (Å²) in [5.41, 5.74) is 1.09. The molecule has 0 unspecified atom stereocenters. The molecule has 2 rings (SSSR count). The van der Waals surface area contributed by atoms with E-state index in [1.165, 1.54) is 4.88 Å². The lowest BCUT2D eigenvalue weighted by atomic mass is 10.1. The minimum atomic E-state index is -0.280. The van der Waals surface area contributed by atoms with E-state index in [1.807, 2.05) is 49.4 Å². The van der Waals surface area contributed by atoms with Gasteiger partial charge in [0.05, 0.1) is 19.2 Å². The van der Waals surface area contributed by atoms with Crippen LogP contribution in [0, 0.1) is 6.92 Å². The van der Waals surface area contributed by atoms with Crippen LogP contribution in [0.4, 0.5) is 4.79 Å². The number of nitrogens with one attached hydrogen (secondary N) is 2. The van der Waals surface area contributed by atoms with Gasteiger partial charge in [-0.2, -0.15) is 0 Å². The van der Waals surface area contributed by atoms with E-state index in [0.717, 1.165) is 10.4 Å². The van der Waals surface area contributed by atoms with E-state index in [-0.39, 0.29) is 18.7 Å². The summed E-state index contributed by atoms with van der Waals surface area (Å²) in [6.45, 7) is 2.46. The number of urea groups is 1. The molecule has 2 aromatic rings. The first kappa shape index (κ1) is 15.5. The van der Waals surface area contributed by atoms with Crippen molar-refractivity contribution in [2.45, 2.75) is 25.9 Å². The van der Waals surface area contributed by atoms with Crippen molar-refractivity contribution < 1.29 is 9.90 Å². The van der Waals surface area contributed by atoms with Crippen LogP contribution in [0.25, 0.3) is 0 Å². The van der Waals surface area contributed by atoms with Gasteiger partial charge in [-0.15, -0.1) is 11.3 Å². The Morgan fingerprint density at radius 3 is 2.62 bits per heavy atom. The Kier molecular flexibility index (Phi) is 5.78. The molecular formula is C16H20N2O2S. The van der Waals surface area contributed by atoms with Crippen molar-refractivity contribution in [1.82, 2.24) is 10.6 Å². The van der Waals surface area contributed by atoms with E-state index < -0.39 is 0 Å². The molecular weight excluding hydrogens is 284 g/mol. The van der Waals surface area contributed by atoms with Gasteiger partial charge in [0.1, 0.15) is 0 Å². The Hall–Kier alpha value is -1.85. The van der Waals surface area contributed by atoms with Crippen LogP contribution >= 0.6 is 11.3 Å². The topological polar surface area (TPSA) is 61.4 Å². The standard InChI is InChI=1S/C16H20N2O2S/c1-12-7-8-15(21-12)10-17-16(20)18-14(11-19)9-13-5-3-2-4-6-13/h2-8,14,19H,9-11H2,1H3,(H2,17,18,20)/t14-/m1/s1. The van der Waals surface area contributed by atoms with Crippen LogP contribution < -0.4 is 10.6 Å². The second kappa shape index (κ2) is 7.81. The molecule has 0 aliphatic rings. The zero-order chi connectivity index (χ0) is 15.1. The molecule has 3 N–H and O–H groups in total. The first-order valence-electron chi connectivity index (χ1n) is 6.92. The highest BCUT2D eigenvalue weighted by atomic mass is 32.1. The van der Waals surface area contributed by atoms with Crippen LogP contribution in [0.1, 0.15) is 15.3 Å². The summed E-state index contributed by atoms with van der Waals surface area (Å²) in [4.78, 5) is 14.2. The zero-order valence-electron chi connectivity index (χ0n) is 12.0. The summed E-state index contributed by atoms with van der Waals surface area (Å²) in [7, 11) is 0. The quantitative estimate of drug-likeness (QED) is 0.768. The number of benzene rings is 1. The van der Waals surface area contributed by atoms with Gasteiger partial charge in [-0.25, -0.2) is 4.79 Å². The molecule has 4 nitrogen and oxygen atoms in total. The molecule has 0 aliphatic carbocycles. The average Bonchev–Trinajstić information content (AvgIpc) is 2.91. The summed E-state index contributed by atoms with van der Waals surface area (Å²) in [6, 6.07) is 13.3. The van der Waals surface area contributed by atoms with Gasteiger partial charge < -0.3 is 15.7 Å². The third kappa shape index (κ3) is 5.21. The molecule has 1 atom stereocenters. The molecule has 1 aromatic heterocycles. The zero-order valence-corrected chi connectivity index (χ0v) is 12.8. The van der Waals surface area contributed by atoms with E-state index in [2.05, 4.69) is 10.6 Å². The average molecular weight is 304 g/mol. The molecule has 1 aromatic carbocycles. The lowest BCUT2D eigenvalue weighted by Gasteiger charge is -2.16. The SMILES string of the molecule is Cc1ccc(CNC(=O)N[C@@H](CO)Cc2ccccc2)s1. The molecule has 0 aliphatic heterocycles. The van der Waals surface area contributed by atoms with E-state index in [4.69, 9.17) is 0 Å². The van der Waals surface area contributed by atoms with Crippen LogP contribution in [0.5, 0.6) is 0 Å². The van der Waals surface area contributed by atoms with Crippen molar-refractivity contribution in [2.24, 2.45) is 0 Å². The number of thiophene rings is 1. The molecule has 2 amide bonds. The normalized spacial score (nSPS) is 11.9. The predicted molar refractivity (Wildman–Crippen MR) is 85.4 cm³/mol. The first-order valence-corrected chi connectivity index (χ1v) is 7.73. The highest BCUT2D eigenvalue weighted by molar-refractivity contribution is 7.11. The van der Waals surface area contributed by atoms with E-state index in [9.17, 15) is 9.90 Å². The molecule has 0 saturated heterocycles. The maximum Gasteiger partial charge on any atom is 0.315 e. The molecule has 112 valence electrons. The number of aliphatic hydroxyl groups excluding tert-OH is 1. The van der Waals surface area contributed by atoms with Crippen LogP contribution in [-0.2, 0) is 13.0 Å². The Balaban J connectivity index is 1.79. The summed E-state index contributed by atoms with van der Waals surface area (Å²) in [6.07, 6.45) is 0.614. The fourth-order valence-electron chi connectivity index (χ4n) is 2.04. The minimum Gasteiger partial charge on any atom is -0.394 e. The second-order valence-electron chi connectivity index (χ2n) is 4.91. The fraction of sp³-hybridized carbons (Fsp3) is 0.312. The Morgan fingerprint density at radius 1 is 1.24 bits per heavy atom. The smallest absolute Gasteiger partial charge is 0.315 e. The van der Waals surface area contributed by atoms with Crippen LogP contribution in [-0.4, -0.2) is 23.8 Å². The number of carbonyl (C=O) groups excluding carboxylic acids is 1. The van der Waals surface area contributed by atoms with Gasteiger partial charge in [0, 0.05) is 9.75 Å². The van der Waals surface area contributed by atoms with E-state index >= 15 is 0 Å². The maximum atomic E-state index is 11.9. The van der Waals surface area contributed by atoms with Crippen LogP contribution in [0.3, 0.4) is 0 Å². The number of aliphatic hydroxyl groups is 1. The number of rotatable bonds is 6. The molecule has 21 heavy (non-hydrogen) atoms. The fourth-order valence-corrected chi connectivity index (χ4v) is 2.87. The third-order valence-corrected chi connectivity index (χ3v) is 4.10. The Labute approximate surface area is 128 Å². The number of carbonyl (C=O) groups is 1. The van der Waals surface area contributed by atoms with Gasteiger partial charge >= 0.3 is 6.03 Å². The molecule has 1 heterocycles. The van der Waals surface area contributed by atoms with Crippen molar-refractivity contribution in [3.63, 3.8) is 0 Å². The lowest BCUT2D eigenvalue weighted by Crippen LogP contribution is -2.44.